The van der Waals surface area contributed by atoms with E-state index in [0.29, 0.717) is 39.0 Å². The lowest BCUT2D eigenvalue weighted by Crippen LogP contribution is -2.38. The number of rotatable bonds is 7. The molecule has 4 aromatic rings. The van der Waals surface area contributed by atoms with Crippen LogP contribution in [0.2, 0.25) is 0 Å². The Bertz CT molecular complexity index is 1410. The van der Waals surface area contributed by atoms with Crippen LogP contribution in [0.1, 0.15) is 37.3 Å². The van der Waals surface area contributed by atoms with Crippen LogP contribution in [0.25, 0.3) is 11.1 Å². The van der Waals surface area contributed by atoms with Crippen LogP contribution in [0.3, 0.4) is 0 Å². The molecular weight excluding hydrogens is 512 g/mol. The van der Waals surface area contributed by atoms with Gasteiger partial charge in [-0.3, -0.25) is 24.2 Å². The fraction of sp³-hybridized carbons (Fsp3) is 0.333. The number of aromatic nitrogens is 3. The minimum atomic E-state index is 0.00586. The Labute approximate surface area is 242 Å². The van der Waals surface area contributed by atoms with Crippen LogP contribution >= 0.6 is 0 Å². The molecule has 3 heterocycles. The molecule has 1 aliphatic rings. The second kappa shape index (κ2) is 13.9. The highest BCUT2D eigenvalue weighted by atomic mass is 16.2. The minimum Gasteiger partial charge on any atom is -0.337 e. The Morgan fingerprint density at radius 2 is 1.76 bits per heavy atom. The summed E-state index contributed by atoms with van der Waals surface area (Å²) < 4.78 is 1.86. The molecule has 0 saturated carbocycles. The van der Waals surface area contributed by atoms with E-state index in [1.807, 2.05) is 63.3 Å². The molecule has 0 atom stereocenters. The van der Waals surface area contributed by atoms with Crippen molar-refractivity contribution >= 4 is 17.5 Å². The second-order valence-corrected chi connectivity index (χ2v) is 10.6. The minimum absolute atomic E-state index is 0.00586. The van der Waals surface area contributed by atoms with Crippen molar-refractivity contribution in [2.75, 3.05) is 31.1 Å². The Morgan fingerprint density at radius 1 is 0.878 bits per heavy atom. The molecule has 5 rings (SSSR count). The van der Waals surface area contributed by atoms with Crippen molar-refractivity contribution in [3.05, 3.63) is 103 Å². The maximum atomic E-state index is 13.7. The van der Waals surface area contributed by atoms with E-state index in [9.17, 15) is 9.59 Å². The van der Waals surface area contributed by atoms with E-state index in [-0.39, 0.29) is 11.8 Å². The molecule has 0 bridgehead atoms. The largest absolute Gasteiger partial charge is 0.337 e. The van der Waals surface area contributed by atoms with Crippen LogP contribution < -0.4 is 4.90 Å². The summed E-state index contributed by atoms with van der Waals surface area (Å²) in [6.07, 6.45) is 9.28. The second-order valence-electron chi connectivity index (χ2n) is 10.6. The molecule has 0 aliphatic carbocycles. The molecule has 8 nitrogen and oxygen atoms in total. The fourth-order valence-electron chi connectivity index (χ4n) is 5.44. The highest BCUT2D eigenvalue weighted by Gasteiger charge is 2.23. The number of aryl methyl sites for hydroxylation is 1. The summed E-state index contributed by atoms with van der Waals surface area (Å²) in [5.74, 6) is 0.120. The van der Waals surface area contributed by atoms with Crippen LogP contribution in [0.15, 0.2) is 91.5 Å². The highest BCUT2D eigenvalue weighted by molar-refractivity contribution is 5.93. The fourth-order valence-corrected chi connectivity index (χ4v) is 5.44. The van der Waals surface area contributed by atoms with Gasteiger partial charge in [0.15, 0.2) is 0 Å². The lowest BCUT2D eigenvalue weighted by atomic mass is 10.0. The van der Waals surface area contributed by atoms with E-state index in [1.165, 1.54) is 5.56 Å². The molecule has 8 heteroatoms. The van der Waals surface area contributed by atoms with Gasteiger partial charge < -0.3 is 9.80 Å². The summed E-state index contributed by atoms with van der Waals surface area (Å²) >= 11 is 0. The SMILES string of the molecule is CC(=O)N1CCCN(Cc2ccccc2)CCN(C(=O)CCCn2cccn2)Cc2cc(-c3cccnc3)ccc21. The molecule has 2 amide bonds. The number of hydrogen-bond donors (Lipinski definition) is 0. The van der Waals surface area contributed by atoms with E-state index in [1.54, 1.807) is 19.3 Å². The quantitative estimate of drug-likeness (QED) is 0.323. The number of nitrogens with zero attached hydrogens (tertiary/aromatic N) is 6. The Balaban J connectivity index is 1.44. The van der Waals surface area contributed by atoms with Crippen molar-refractivity contribution in [1.29, 1.82) is 0 Å². The normalized spacial score (nSPS) is 14.8. The first kappa shape index (κ1) is 28.2. The summed E-state index contributed by atoms with van der Waals surface area (Å²) in [6, 6.07) is 22.5. The van der Waals surface area contributed by atoms with Crippen molar-refractivity contribution in [3.63, 3.8) is 0 Å². The van der Waals surface area contributed by atoms with Crippen LogP contribution in [-0.4, -0.2) is 62.6 Å². The predicted octanol–water partition coefficient (Wildman–Crippen LogP) is 5.01. The summed E-state index contributed by atoms with van der Waals surface area (Å²) in [5, 5.41) is 4.27. The zero-order chi connectivity index (χ0) is 28.4. The number of amides is 2. The van der Waals surface area contributed by atoms with Gasteiger partial charge in [0, 0.05) is 89.6 Å². The van der Waals surface area contributed by atoms with E-state index in [2.05, 4.69) is 45.3 Å². The summed E-state index contributed by atoms with van der Waals surface area (Å²) in [6.45, 7) is 6.40. The summed E-state index contributed by atoms with van der Waals surface area (Å²) in [5.41, 5.74) is 5.11. The van der Waals surface area contributed by atoms with Crippen LogP contribution in [0.5, 0.6) is 0 Å². The molecule has 0 saturated heterocycles. The first-order chi connectivity index (χ1) is 20.1. The maximum Gasteiger partial charge on any atom is 0.223 e. The number of benzene rings is 2. The van der Waals surface area contributed by atoms with Gasteiger partial charge in [-0.25, -0.2) is 0 Å². The average Bonchev–Trinajstić information content (AvgIpc) is 3.50. The topological polar surface area (TPSA) is 74.6 Å². The summed E-state index contributed by atoms with van der Waals surface area (Å²) in [7, 11) is 0. The number of carbonyl (C=O) groups is 2. The molecule has 0 spiro atoms. The van der Waals surface area contributed by atoms with Crippen molar-refractivity contribution in [2.45, 2.75) is 45.8 Å². The van der Waals surface area contributed by atoms with Gasteiger partial charge in [-0.2, -0.15) is 5.10 Å². The number of carbonyl (C=O) groups excluding carboxylic acids is 2. The van der Waals surface area contributed by atoms with Gasteiger partial charge in [0.25, 0.3) is 0 Å². The molecule has 0 N–H and O–H groups in total. The highest BCUT2D eigenvalue weighted by Crippen LogP contribution is 2.30. The van der Waals surface area contributed by atoms with Gasteiger partial charge >= 0.3 is 0 Å². The molecule has 2 aromatic heterocycles. The van der Waals surface area contributed by atoms with Crippen molar-refractivity contribution < 1.29 is 9.59 Å². The number of hydrogen-bond acceptors (Lipinski definition) is 5. The first-order valence-electron chi connectivity index (χ1n) is 14.4. The molecule has 0 radical (unpaired) electrons. The standard InChI is InChI=1S/C33H38N6O2/c1-27(40)39-20-8-17-36(25-28-9-3-2-4-10-28)21-22-37(33(41)12-6-18-38-19-7-16-35-38)26-31-23-29(13-14-32(31)39)30-11-5-15-34-24-30/h2-5,7,9-11,13-16,19,23-24H,6,8,12,17-18,20-22,25-26H2,1H3. The summed E-state index contributed by atoms with van der Waals surface area (Å²) in [4.78, 5) is 37.2. The average molecular weight is 551 g/mol. The van der Waals surface area contributed by atoms with Gasteiger partial charge in [0.2, 0.25) is 11.8 Å². The molecule has 1 aliphatic heterocycles. The van der Waals surface area contributed by atoms with Crippen LogP contribution in [0, 0.1) is 0 Å². The van der Waals surface area contributed by atoms with E-state index >= 15 is 0 Å². The molecule has 0 unspecified atom stereocenters. The van der Waals surface area contributed by atoms with Gasteiger partial charge in [-0.05, 0) is 59.4 Å². The molecular formula is C33H38N6O2. The Morgan fingerprint density at radius 3 is 2.51 bits per heavy atom. The lowest BCUT2D eigenvalue weighted by Gasteiger charge is -2.28. The third-order valence-electron chi connectivity index (χ3n) is 7.59. The van der Waals surface area contributed by atoms with Gasteiger partial charge in [0.1, 0.15) is 0 Å². The number of pyridine rings is 1. The third-order valence-corrected chi connectivity index (χ3v) is 7.59. The first-order valence-corrected chi connectivity index (χ1v) is 14.4. The van der Waals surface area contributed by atoms with E-state index in [0.717, 1.165) is 48.4 Å². The van der Waals surface area contributed by atoms with Gasteiger partial charge in [0.05, 0.1) is 0 Å². The van der Waals surface area contributed by atoms with E-state index in [4.69, 9.17) is 0 Å². The molecule has 41 heavy (non-hydrogen) atoms. The predicted molar refractivity (Wildman–Crippen MR) is 161 cm³/mol. The van der Waals surface area contributed by atoms with Gasteiger partial charge in [-0.15, -0.1) is 0 Å². The zero-order valence-electron chi connectivity index (χ0n) is 23.7. The number of fused-ring (bicyclic) bond motifs is 1. The smallest absolute Gasteiger partial charge is 0.223 e. The monoisotopic (exact) mass is 550 g/mol. The third kappa shape index (κ3) is 7.67. The van der Waals surface area contributed by atoms with Crippen LogP contribution in [0.4, 0.5) is 5.69 Å². The zero-order valence-corrected chi connectivity index (χ0v) is 23.7. The lowest BCUT2D eigenvalue weighted by molar-refractivity contribution is -0.132. The maximum absolute atomic E-state index is 13.7. The molecule has 212 valence electrons. The molecule has 2 aromatic carbocycles. The van der Waals surface area contributed by atoms with Crippen LogP contribution in [-0.2, 0) is 29.2 Å². The van der Waals surface area contributed by atoms with Crippen molar-refractivity contribution in [2.24, 2.45) is 0 Å². The van der Waals surface area contributed by atoms with E-state index < -0.39 is 0 Å². The molecule has 0 fully saturated rings. The Hall–Kier alpha value is -4.30. The van der Waals surface area contributed by atoms with Crippen molar-refractivity contribution in [3.8, 4) is 11.1 Å². The number of anilines is 1. The Kier molecular flexibility index (Phi) is 9.54. The van der Waals surface area contributed by atoms with Gasteiger partial charge in [-0.1, -0.05) is 42.5 Å². The van der Waals surface area contributed by atoms with Crippen molar-refractivity contribution in [1.82, 2.24) is 24.6 Å².